The van der Waals surface area contributed by atoms with Crippen molar-refractivity contribution in [2.75, 3.05) is 45.2 Å². The van der Waals surface area contributed by atoms with Gasteiger partial charge in [-0.2, -0.15) is 0 Å². The maximum atomic E-state index is 12.3. The Labute approximate surface area is 148 Å². The Morgan fingerprint density at radius 1 is 1.28 bits per heavy atom. The zero-order valence-corrected chi connectivity index (χ0v) is 15.1. The number of carbonyl (C=O) groups is 2. The van der Waals surface area contributed by atoms with Gasteiger partial charge in [-0.25, -0.2) is 9.78 Å². The molecule has 0 unspecified atom stereocenters. The van der Waals surface area contributed by atoms with E-state index < -0.39 is 0 Å². The van der Waals surface area contributed by atoms with E-state index in [-0.39, 0.29) is 18.0 Å². The predicted octanol–water partition coefficient (Wildman–Crippen LogP) is 1.15. The third-order valence-electron chi connectivity index (χ3n) is 4.24. The van der Waals surface area contributed by atoms with Crippen LogP contribution in [-0.4, -0.2) is 72.6 Å². The number of methoxy groups -OCH3 is 1. The van der Waals surface area contributed by atoms with E-state index in [4.69, 9.17) is 4.74 Å². The van der Waals surface area contributed by atoms with E-state index in [9.17, 15) is 9.59 Å². The number of anilines is 1. The lowest BCUT2D eigenvalue weighted by atomic mass is 10.2. The molecule has 3 amide bonds. The van der Waals surface area contributed by atoms with Gasteiger partial charge in [0.2, 0.25) is 11.8 Å². The second kappa shape index (κ2) is 9.22. The third-order valence-corrected chi connectivity index (χ3v) is 4.24. The van der Waals surface area contributed by atoms with Crippen LogP contribution in [-0.2, 0) is 4.79 Å². The Morgan fingerprint density at radius 3 is 2.56 bits per heavy atom. The Kier molecular flexibility index (Phi) is 7.00. The van der Waals surface area contributed by atoms with Crippen molar-refractivity contribution in [3.8, 4) is 5.88 Å². The fourth-order valence-electron chi connectivity index (χ4n) is 2.51. The highest BCUT2D eigenvalue weighted by molar-refractivity contribution is 5.89. The topological polar surface area (TPSA) is 86.8 Å². The monoisotopic (exact) mass is 349 g/mol. The smallest absolute Gasteiger partial charge is 0.321 e. The van der Waals surface area contributed by atoms with Crippen LogP contribution in [0.25, 0.3) is 0 Å². The van der Waals surface area contributed by atoms with Gasteiger partial charge in [0.1, 0.15) is 0 Å². The molecular formula is C17H27N5O3. The summed E-state index contributed by atoms with van der Waals surface area (Å²) in [6.07, 6.45) is 2.48. The summed E-state index contributed by atoms with van der Waals surface area (Å²) in [6.45, 7) is 6.96. The van der Waals surface area contributed by atoms with Crippen LogP contribution in [0.5, 0.6) is 5.88 Å². The van der Waals surface area contributed by atoms with Gasteiger partial charge in [0, 0.05) is 38.3 Å². The number of hydrogen-bond acceptors (Lipinski definition) is 5. The van der Waals surface area contributed by atoms with E-state index in [1.54, 1.807) is 30.3 Å². The van der Waals surface area contributed by atoms with Crippen LogP contribution < -0.4 is 15.4 Å². The van der Waals surface area contributed by atoms with Crippen molar-refractivity contribution in [1.82, 2.24) is 20.1 Å². The first-order chi connectivity index (χ1) is 12.0. The molecule has 1 atom stereocenters. The molecule has 0 spiro atoms. The van der Waals surface area contributed by atoms with Crippen molar-refractivity contribution >= 4 is 17.6 Å². The molecule has 25 heavy (non-hydrogen) atoms. The molecule has 8 heteroatoms. The maximum Gasteiger partial charge on any atom is 0.321 e. The summed E-state index contributed by atoms with van der Waals surface area (Å²) >= 11 is 0. The van der Waals surface area contributed by atoms with Crippen molar-refractivity contribution < 1.29 is 14.3 Å². The summed E-state index contributed by atoms with van der Waals surface area (Å²) < 4.78 is 4.99. The van der Waals surface area contributed by atoms with E-state index in [0.29, 0.717) is 44.3 Å². The molecular weight excluding hydrogens is 322 g/mol. The number of ether oxygens (including phenoxy) is 1. The lowest BCUT2D eigenvalue weighted by molar-refractivity contribution is -0.123. The van der Waals surface area contributed by atoms with Gasteiger partial charge in [-0.3, -0.25) is 9.69 Å². The molecule has 1 aliphatic rings. The zero-order valence-electron chi connectivity index (χ0n) is 15.1. The molecule has 0 aliphatic carbocycles. The van der Waals surface area contributed by atoms with Crippen LogP contribution in [0.4, 0.5) is 10.5 Å². The van der Waals surface area contributed by atoms with Crippen molar-refractivity contribution in [2.24, 2.45) is 0 Å². The fourth-order valence-corrected chi connectivity index (χ4v) is 2.51. The minimum atomic E-state index is -0.157. The number of aromatic nitrogens is 1. The standard InChI is InChI=1S/C17H27N5O3/c1-4-13(2)19-15(23)12-21-7-9-22(10-8-21)17(24)20-14-5-6-16(25-3)18-11-14/h5-6,11,13H,4,7-10,12H2,1-3H3,(H,19,23)(H,20,24)/t13-/m0/s1. The molecule has 0 radical (unpaired) electrons. The predicted molar refractivity (Wildman–Crippen MR) is 95.7 cm³/mol. The molecule has 0 bridgehead atoms. The van der Waals surface area contributed by atoms with E-state index in [1.807, 2.05) is 13.8 Å². The van der Waals surface area contributed by atoms with Crippen LogP contribution >= 0.6 is 0 Å². The summed E-state index contributed by atoms with van der Waals surface area (Å²) in [5.74, 6) is 0.541. The number of pyridine rings is 1. The summed E-state index contributed by atoms with van der Waals surface area (Å²) in [7, 11) is 1.54. The highest BCUT2D eigenvalue weighted by Gasteiger charge is 2.22. The number of nitrogens with zero attached hydrogens (tertiary/aromatic N) is 3. The Morgan fingerprint density at radius 2 is 2.00 bits per heavy atom. The van der Waals surface area contributed by atoms with Crippen molar-refractivity contribution in [2.45, 2.75) is 26.3 Å². The van der Waals surface area contributed by atoms with E-state index in [1.165, 1.54) is 0 Å². The molecule has 1 aromatic heterocycles. The van der Waals surface area contributed by atoms with E-state index in [2.05, 4.69) is 20.5 Å². The molecule has 1 aliphatic heterocycles. The molecule has 138 valence electrons. The average Bonchev–Trinajstić information content (AvgIpc) is 2.62. The molecule has 2 rings (SSSR count). The van der Waals surface area contributed by atoms with Crippen LogP contribution in [0.3, 0.4) is 0 Å². The summed E-state index contributed by atoms with van der Waals surface area (Å²) in [4.78, 5) is 32.1. The maximum absolute atomic E-state index is 12.3. The minimum Gasteiger partial charge on any atom is -0.481 e. The molecule has 1 fully saturated rings. The molecule has 1 aromatic rings. The van der Waals surface area contributed by atoms with Gasteiger partial charge in [0.15, 0.2) is 0 Å². The summed E-state index contributed by atoms with van der Waals surface area (Å²) in [5, 5.41) is 5.79. The molecule has 1 saturated heterocycles. The number of hydrogen-bond donors (Lipinski definition) is 2. The molecule has 2 heterocycles. The van der Waals surface area contributed by atoms with Gasteiger partial charge in [-0.15, -0.1) is 0 Å². The van der Waals surface area contributed by atoms with Gasteiger partial charge in [0.25, 0.3) is 0 Å². The first kappa shape index (κ1) is 19.0. The van der Waals surface area contributed by atoms with Crippen molar-refractivity contribution in [3.05, 3.63) is 18.3 Å². The molecule has 8 nitrogen and oxygen atoms in total. The lowest BCUT2D eigenvalue weighted by Gasteiger charge is -2.34. The Hall–Kier alpha value is -2.35. The first-order valence-corrected chi connectivity index (χ1v) is 8.59. The number of urea groups is 1. The second-order valence-corrected chi connectivity index (χ2v) is 6.16. The van der Waals surface area contributed by atoms with E-state index in [0.717, 1.165) is 6.42 Å². The van der Waals surface area contributed by atoms with Crippen LogP contribution in [0.2, 0.25) is 0 Å². The number of carbonyl (C=O) groups excluding carboxylic acids is 2. The third kappa shape index (κ3) is 5.90. The van der Waals surface area contributed by atoms with Crippen molar-refractivity contribution in [3.63, 3.8) is 0 Å². The van der Waals surface area contributed by atoms with Crippen LogP contribution in [0.1, 0.15) is 20.3 Å². The second-order valence-electron chi connectivity index (χ2n) is 6.16. The minimum absolute atomic E-state index is 0.0385. The highest BCUT2D eigenvalue weighted by atomic mass is 16.5. The quantitative estimate of drug-likeness (QED) is 0.805. The van der Waals surface area contributed by atoms with Gasteiger partial charge in [-0.1, -0.05) is 6.92 Å². The summed E-state index contributed by atoms with van der Waals surface area (Å²) in [6, 6.07) is 3.48. The Bertz CT molecular complexity index is 570. The van der Waals surface area contributed by atoms with Gasteiger partial charge in [0.05, 0.1) is 25.5 Å². The normalized spacial score (nSPS) is 16.2. The van der Waals surface area contributed by atoms with Gasteiger partial charge < -0.3 is 20.3 Å². The largest absolute Gasteiger partial charge is 0.481 e. The van der Waals surface area contributed by atoms with Crippen LogP contribution in [0.15, 0.2) is 18.3 Å². The SMILES string of the molecule is CC[C@H](C)NC(=O)CN1CCN(C(=O)Nc2ccc(OC)nc2)CC1. The fraction of sp³-hybridized carbons (Fsp3) is 0.588. The van der Waals surface area contributed by atoms with E-state index >= 15 is 0 Å². The number of rotatable bonds is 6. The zero-order chi connectivity index (χ0) is 18.2. The first-order valence-electron chi connectivity index (χ1n) is 8.59. The van der Waals surface area contributed by atoms with Gasteiger partial charge >= 0.3 is 6.03 Å². The van der Waals surface area contributed by atoms with Gasteiger partial charge in [-0.05, 0) is 19.4 Å². The van der Waals surface area contributed by atoms with Crippen molar-refractivity contribution in [1.29, 1.82) is 0 Å². The highest BCUT2D eigenvalue weighted by Crippen LogP contribution is 2.12. The number of piperazine rings is 1. The lowest BCUT2D eigenvalue weighted by Crippen LogP contribution is -2.52. The number of amides is 3. The number of nitrogens with one attached hydrogen (secondary N) is 2. The molecule has 0 aromatic carbocycles. The Balaban J connectivity index is 1.75. The average molecular weight is 349 g/mol. The summed E-state index contributed by atoms with van der Waals surface area (Å²) in [5.41, 5.74) is 0.626. The molecule has 0 saturated carbocycles. The molecule has 2 N–H and O–H groups in total. The van der Waals surface area contributed by atoms with Crippen LogP contribution in [0, 0.1) is 0 Å².